The Labute approximate surface area is 89.3 Å². The van der Waals surface area contributed by atoms with Gasteiger partial charge < -0.3 is 9.80 Å². The summed E-state index contributed by atoms with van der Waals surface area (Å²) in [6, 6.07) is 0.778. The summed E-state index contributed by atoms with van der Waals surface area (Å²) in [6.07, 6.45) is 4.10. The lowest BCUT2D eigenvalue weighted by Gasteiger charge is -2.37. The van der Waals surface area contributed by atoms with E-state index >= 15 is 0 Å². The first-order chi connectivity index (χ1) is 6.63. The van der Waals surface area contributed by atoms with E-state index in [9.17, 15) is 0 Å². The van der Waals surface area contributed by atoms with E-state index in [0.717, 1.165) is 12.0 Å². The summed E-state index contributed by atoms with van der Waals surface area (Å²) in [7, 11) is 4.37. The van der Waals surface area contributed by atoms with E-state index in [2.05, 4.69) is 37.7 Å². The molecule has 0 saturated carbocycles. The second kappa shape index (κ2) is 5.72. The van der Waals surface area contributed by atoms with E-state index in [4.69, 9.17) is 0 Å². The maximum absolute atomic E-state index is 2.66. The van der Waals surface area contributed by atoms with Crippen LogP contribution in [0.2, 0.25) is 0 Å². The molecule has 1 fully saturated rings. The topological polar surface area (TPSA) is 6.48 Å². The molecule has 0 N–H and O–H groups in total. The Morgan fingerprint density at radius 2 is 2.14 bits per heavy atom. The van der Waals surface area contributed by atoms with E-state index in [1.807, 2.05) is 0 Å². The van der Waals surface area contributed by atoms with Crippen molar-refractivity contribution in [3.05, 3.63) is 0 Å². The molecule has 1 saturated heterocycles. The van der Waals surface area contributed by atoms with Crippen LogP contribution in [-0.2, 0) is 0 Å². The van der Waals surface area contributed by atoms with Crippen molar-refractivity contribution in [3.8, 4) is 0 Å². The highest BCUT2D eigenvalue weighted by Gasteiger charge is 2.22. The number of likely N-dealkylation sites (tertiary alicyclic amines) is 1. The third-order valence-electron chi connectivity index (χ3n) is 3.39. The van der Waals surface area contributed by atoms with Crippen molar-refractivity contribution >= 4 is 0 Å². The molecular formula is C12H26N2. The van der Waals surface area contributed by atoms with Crippen molar-refractivity contribution in [1.82, 2.24) is 9.80 Å². The fraction of sp³-hybridized carbons (Fsp3) is 1.00. The Kier molecular flexibility index (Phi) is 4.90. The second-order valence-corrected chi connectivity index (χ2v) is 5.02. The van der Waals surface area contributed by atoms with Gasteiger partial charge in [-0.3, -0.25) is 0 Å². The highest BCUT2D eigenvalue weighted by atomic mass is 15.2. The summed E-state index contributed by atoms with van der Waals surface area (Å²) in [5, 5.41) is 0. The molecule has 1 heterocycles. The lowest BCUT2D eigenvalue weighted by atomic mass is 9.96. The lowest BCUT2D eigenvalue weighted by molar-refractivity contribution is 0.114. The first kappa shape index (κ1) is 12.0. The second-order valence-electron chi connectivity index (χ2n) is 5.02. The lowest BCUT2D eigenvalue weighted by Crippen LogP contribution is -2.43. The fourth-order valence-electron chi connectivity index (χ4n) is 2.42. The smallest absolute Gasteiger partial charge is 0.00644 e. The summed E-state index contributed by atoms with van der Waals surface area (Å²) in [5.74, 6) is 0.896. The van der Waals surface area contributed by atoms with Gasteiger partial charge in [-0.2, -0.15) is 0 Å². The van der Waals surface area contributed by atoms with Crippen LogP contribution in [0.5, 0.6) is 0 Å². The van der Waals surface area contributed by atoms with Gasteiger partial charge in [0.05, 0.1) is 0 Å². The number of hydrogen-bond acceptors (Lipinski definition) is 2. The average molecular weight is 198 g/mol. The van der Waals surface area contributed by atoms with Crippen LogP contribution in [0.3, 0.4) is 0 Å². The van der Waals surface area contributed by atoms with Crippen LogP contribution < -0.4 is 0 Å². The van der Waals surface area contributed by atoms with Gasteiger partial charge in [0, 0.05) is 19.1 Å². The molecule has 14 heavy (non-hydrogen) atoms. The number of rotatable bonds is 4. The van der Waals surface area contributed by atoms with E-state index in [-0.39, 0.29) is 0 Å². The van der Waals surface area contributed by atoms with Gasteiger partial charge >= 0.3 is 0 Å². The maximum atomic E-state index is 2.66. The van der Waals surface area contributed by atoms with Crippen LogP contribution in [-0.4, -0.2) is 49.6 Å². The fourth-order valence-corrected chi connectivity index (χ4v) is 2.42. The molecule has 0 amide bonds. The summed E-state index contributed by atoms with van der Waals surface area (Å²) in [6.45, 7) is 8.54. The summed E-state index contributed by atoms with van der Waals surface area (Å²) >= 11 is 0. The summed E-state index contributed by atoms with van der Waals surface area (Å²) < 4.78 is 0. The van der Waals surface area contributed by atoms with Crippen LogP contribution in [0.4, 0.5) is 0 Å². The van der Waals surface area contributed by atoms with Crippen LogP contribution in [0.1, 0.15) is 33.1 Å². The average Bonchev–Trinajstić information content (AvgIpc) is 2.16. The van der Waals surface area contributed by atoms with Crippen molar-refractivity contribution in [1.29, 1.82) is 0 Å². The minimum atomic E-state index is 0.778. The van der Waals surface area contributed by atoms with Gasteiger partial charge in [0.2, 0.25) is 0 Å². The van der Waals surface area contributed by atoms with Gasteiger partial charge in [0.25, 0.3) is 0 Å². The van der Waals surface area contributed by atoms with Crippen LogP contribution in [0.25, 0.3) is 0 Å². The van der Waals surface area contributed by atoms with Crippen molar-refractivity contribution in [3.63, 3.8) is 0 Å². The predicted octanol–water partition coefficient (Wildman–Crippen LogP) is 2.06. The highest BCUT2D eigenvalue weighted by Crippen LogP contribution is 2.19. The Bertz CT molecular complexity index is 156. The minimum absolute atomic E-state index is 0.778. The molecule has 0 aliphatic carbocycles. The molecule has 1 unspecified atom stereocenters. The molecule has 0 aromatic carbocycles. The van der Waals surface area contributed by atoms with Crippen LogP contribution in [0, 0.1) is 5.92 Å². The first-order valence-electron chi connectivity index (χ1n) is 6.02. The van der Waals surface area contributed by atoms with Gasteiger partial charge in [-0.05, 0) is 52.7 Å². The van der Waals surface area contributed by atoms with Crippen LogP contribution >= 0.6 is 0 Å². The zero-order chi connectivity index (χ0) is 10.6. The quantitative estimate of drug-likeness (QED) is 0.682. The molecule has 0 aromatic rings. The Balaban J connectivity index is 2.35. The normalized spacial score (nSPS) is 26.8. The standard InChI is InChI=1S/C12H26N2/c1-5-11(2)14-8-6-7-12(10-14)9-13(3)4/h11-12H,5-10H2,1-4H3/t11-,12?/m0/s1. The molecule has 84 valence electrons. The van der Waals surface area contributed by atoms with Crippen molar-refractivity contribution in [2.45, 2.75) is 39.2 Å². The maximum Gasteiger partial charge on any atom is 0.00644 e. The van der Waals surface area contributed by atoms with E-state index in [1.165, 1.54) is 38.9 Å². The summed E-state index contributed by atoms with van der Waals surface area (Å²) in [5.41, 5.74) is 0. The molecule has 1 rings (SSSR count). The van der Waals surface area contributed by atoms with Crippen molar-refractivity contribution in [2.24, 2.45) is 5.92 Å². The summed E-state index contributed by atoms with van der Waals surface area (Å²) in [4.78, 5) is 4.99. The van der Waals surface area contributed by atoms with E-state index in [0.29, 0.717) is 0 Å². The molecule has 2 nitrogen and oxygen atoms in total. The number of hydrogen-bond donors (Lipinski definition) is 0. The monoisotopic (exact) mass is 198 g/mol. The molecular weight excluding hydrogens is 172 g/mol. The first-order valence-corrected chi connectivity index (χ1v) is 6.02. The van der Waals surface area contributed by atoms with Crippen molar-refractivity contribution in [2.75, 3.05) is 33.7 Å². The van der Waals surface area contributed by atoms with Gasteiger partial charge in [-0.1, -0.05) is 6.92 Å². The van der Waals surface area contributed by atoms with Gasteiger partial charge in [-0.25, -0.2) is 0 Å². The van der Waals surface area contributed by atoms with Crippen LogP contribution in [0.15, 0.2) is 0 Å². The number of piperidine rings is 1. The zero-order valence-corrected chi connectivity index (χ0v) is 10.3. The third-order valence-corrected chi connectivity index (χ3v) is 3.39. The minimum Gasteiger partial charge on any atom is -0.309 e. The Morgan fingerprint density at radius 3 is 2.71 bits per heavy atom. The molecule has 2 atom stereocenters. The van der Waals surface area contributed by atoms with Crippen molar-refractivity contribution < 1.29 is 0 Å². The molecule has 0 spiro atoms. The molecule has 2 heteroatoms. The molecule has 1 aliphatic heterocycles. The van der Waals surface area contributed by atoms with Gasteiger partial charge in [-0.15, -0.1) is 0 Å². The van der Waals surface area contributed by atoms with E-state index in [1.54, 1.807) is 0 Å². The molecule has 0 aromatic heterocycles. The van der Waals surface area contributed by atoms with Gasteiger partial charge in [0.1, 0.15) is 0 Å². The zero-order valence-electron chi connectivity index (χ0n) is 10.3. The Hall–Kier alpha value is -0.0800. The molecule has 0 bridgehead atoms. The van der Waals surface area contributed by atoms with E-state index < -0.39 is 0 Å². The largest absolute Gasteiger partial charge is 0.309 e. The Morgan fingerprint density at radius 1 is 1.43 bits per heavy atom. The highest BCUT2D eigenvalue weighted by molar-refractivity contribution is 4.77. The molecule has 1 aliphatic rings. The van der Waals surface area contributed by atoms with Gasteiger partial charge in [0.15, 0.2) is 0 Å². The number of nitrogens with zero attached hydrogens (tertiary/aromatic N) is 2. The third kappa shape index (κ3) is 3.58. The predicted molar refractivity (Wildman–Crippen MR) is 62.6 cm³/mol. The molecule has 0 radical (unpaired) electrons. The SMILES string of the molecule is CC[C@H](C)N1CCCC(CN(C)C)C1.